The Hall–Kier alpha value is -2.02. The summed E-state index contributed by atoms with van der Waals surface area (Å²) in [4.78, 5) is 34.9. The summed E-state index contributed by atoms with van der Waals surface area (Å²) in [5, 5.41) is 5.65. The number of fused-ring (bicyclic) bond motifs is 1. The average Bonchev–Trinajstić information content (AvgIpc) is 3.02. The monoisotopic (exact) mass is 317 g/mol. The first-order valence-electron chi connectivity index (χ1n) is 8.29. The number of carbonyl (C=O) groups excluding carboxylic acids is 2. The molecule has 7 heteroatoms. The van der Waals surface area contributed by atoms with Gasteiger partial charge in [-0.1, -0.05) is 6.92 Å². The molecule has 1 saturated heterocycles. The Morgan fingerprint density at radius 2 is 2.35 bits per heavy atom. The summed E-state index contributed by atoms with van der Waals surface area (Å²) in [6.45, 7) is 4.51. The second-order valence-electron chi connectivity index (χ2n) is 6.03. The summed E-state index contributed by atoms with van der Waals surface area (Å²) in [7, 11) is 0. The first-order chi connectivity index (χ1) is 11.2. The Morgan fingerprint density at radius 1 is 1.48 bits per heavy atom. The number of aromatic nitrogens is 2. The third kappa shape index (κ3) is 3.67. The number of aryl methyl sites for hydroxylation is 2. The molecule has 1 aliphatic carbocycles. The van der Waals surface area contributed by atoms with E-state index in [1.54, 1.807) is 0 Å². The van der Waals surface area contributed by atoms with Gasteiger partial charge in [0, 0.05) is 25.0 Å². The van der Waals surface area contributed by atoms with Crippen molar-refractivity contribution in [1.29, 1.82) is 0 Å². The standard InChI is InChI=1S/C16H23N5O2/c1-2-21-7-6-17-16(23)13(21)8-15(22)19-10-14-18-9-11-4-3-5-12(11)20-14/h9,13H,2-8,10H2,1H3,(H,17,23)(H,19,22)/t13-/m1/s1. The Balaban J connectivity index is 1.54. The molecule has 2 heterocycles. The zero-order chi connectivity index (χ0) is 16.2. The predicted octanol–water partition coefficient (Wildman–Crippen LogP) is -0.208. The maximum atomic E-state index is 12.2. The quantitative estimate of drug-likeness (QED) is 0.785. The highest BCUT2D eigenvalue weighted by Gasteiger charge is 2.30. The molecule has 0 bridgehead atoms. The summed E-state index contributed by atoms with van der Waals surface area (Å²) in [6.07, 6.45) is 5.20. The van der Waals surface area contributed by atoms with Crippen molar-refractivity contribution in [3.63, 3.8) is 0 Å². The molecule has 0 spiro atoms. The van der Waals surface area contributed by atoms with Crippen molar-refractivity contribution >= 4 is 11.8 Å². The lowest BCUT2D eigenvalue weighted by molar-refractivity contribution is -0.133. The fraction of sp³-hybridized carbons (Fsp3) is 0.625. The van der Waals surface area contributed by atoms with Gasteiger partial charge in [0.15, 0.2) is 0 Å². The molecule has 2 N–H and O–H groups in total. The van der Waals surface area contributed by atoms with E-state index in [9.17, 15) is 9.59 Å². The van der Waals surface area contributed by atoms with Gasteiger partial charge in [0.25, 0.3) is 0 Å². The van der Waals surface area contributed by atoms with Crippen LogP contribution in [0.2, 0.25) is 0 Å². The van der Waals surface area contributed by atoms with E-state index in [0.29, 0.717) is 18.9 Å². The van der Waals surface area contributed by atoms with Crippen LogP contribution in [-0.4, -0.2) is 52.4 Å². The molecule has 0 radical (unpaired) electrons. The molecule has 1 aromatic rings. The molecule has 2 amide bonds. The van der Waals surface area contributed by atoms with Gasteiger partial charge in [0.05, 0.1) is 19.0 Å². The van der Waals surface area contributed by atoms with Gasteiger partial charge in [-0.05, 0) is 31.4 Å². The highest BCUT2D eigenvalue weighted by Crippen LogP contribution is 2.18. The summed E-state index contributed by atoms with van der Waals surface area (Å²) in [5.74, 6) is 0.427. The van der Waals surface area contributed by atoms with Gasteiger partial charge in [0.1, 0.15) is 5.82 Å². The second kappa shape index (κ2) is 7.04. The second-order valence-corrected chi connectivity index (χ2v) is 6.03. The number of carbonyl (C=O) groups is 2. The third-order valence-corrected chi connectivity index (χ3v) is 4.53. The molecule has 0 aromatic carbocycles. The number of piperazine rings is 1. The van der Waals surface area contributed by atoms with Crippen molar-refractivity contribution < 1.29 is 9.59 Å². The zero-order valence-corrected chi connectivity index (χ0v) is 13.5. The molecule has 0 saturated carbocycles. The number of hydrogen-bond acceptors (Lipinski definition) is 5. The molecule has 1 atom stereocenters. The molecule has 1 aromatic heterocycles. The van der Waals surface area contributed by atoms with Crippen LogP contribution in [0.5, 0.6) is 0 Å². The molecule has 2 aliphatic rings. The fourth-order valence-corrected chi connectivity index (χ4v) is 3.23. The van der Waals surface area contributed by atoms with Crippen LogP contribution in [0.1, 0.15) is 36.8 Å². The lowest BCUT2D eigenvalue weighted by atomic mass is 10.1. The molecule has 124 valence electrons. The van der Waals surface area contributed by atoms with E-state index in [4.69, 9.17) is 0 Å². The van der Waals surface area contributed by atoms with Crippen LogP contribution in [0.25, 0.3) is 0 Å². The summed E-state index contributed by atoms with van der Waals surface area (Å²) in [5.41, 5.74) is 2.32. The van der Waals surface area contributed by atoms with Crippen molar-refractivity contribution in [2.45, 2.75) is 45.2 Å². The lowest BCUT2D eigenvalue weighted by Gasteiger charge is -2.33. The van der Waals surface area contributed by atoms with Crippen LogP contribution in [0, 0.1) is 0 Å². The Morgan fingerprint density at radius 3 is 3.17 bits per heavy atom. The number of amides is 2. The van der Waals surface area contributed by atoms with Crippen LogP contribution in [0.4, 0.5) is 0 Å². The van der Waals surface area contributed by atoms with Gasteiger partial charge in [0.2, 0.25) is 11.8 Å². The SMILES string of the molecule is CCN1CCNC(=O)[C@H]1CC(=O)NCc1ncc2c(n1)CCC2. The van der Waals surface area contributed by atoms with E-state index in [1.807, 2.05) is 18.0 Å². The van der Waals surface area contributed by atoms with Crippen LogP contribution >= 0.6 is 0 Å². The molecular weight excluding hydrogens is 294 g/mol. The number of rotatable bonds is 5. The zero-order valence-electron chi connectivity index (χ0n) is 13.5. The van der Waals surface area contributed by atoms with Crippen molar-refractivity contribution in [3.05, 3.63) is 23.3 Å². The molecular formula is C16H23N5O2. The number of nitrogens with one attached hydrogen (secondary N) is 2. The van der Waals surface area contributed by atoms with Gasteiger partial charge in [-0.3, -0.25) is 14.5 Å². The number of nitrogens with zero attached hydrogens (tertiary/aromatic N) is 3. The number of hydrogen-bond donors (Lipinski definition) is 2. The number of likely N-dealkylation sites (N-methyl/N-ethyl adjacent to an activating group) is 1. The van der Waals surface area contributed by atoms with E-state index in [-0.39, 0.29) is 24.3 Å². The minimum absolute atomic E-state index is 0.0676. The molecule has 0 unspecified atom stereocenters. The largest absolute Gasteiger partial charge is 0.353 e. The van der Waals surface area contributed by atoms with Crippen molar-refractivity contribution in [1.82, 2.24) is 25.5 Å². The minimum Gasteiger partial charge on any atom is -0.353 e. The van der Waals surface area contributed by atoms with Crippen molar-refractivity contribution in [3.8, 4) is 0 Å². The minimum atomic E-state index is -0.380. The van der Waals surface area contributed by atoms with E-state index < -0.39 is 0 Å². The van der Waals surface area contributed by atoms with Crippen molar-refractivity contribution in [2.24, 2.45) is 0 Å². The Bertz CT molecular complexity index is 604. The third-order valence-electron chi connectivity index (χ3n) is 4.53. The van der Waals surface area contributed by atoms with Gasteiger partial charge in [-0.15, -0.1) is 0 Å². The van der Waals surface area contributed by atoms with Crippen LogP contribution in [0.15, 0.2) is 6.20 Å². The van der Waals surface area contributed by atoms with Crippen LogP contribution in [0.3, 0.4) is 0 Å². The Labute approximate surface area is 135 Å². The normalized spacial score (nSPS) is 20.9. The van der Waals surface area contributed by atoms with Crippen LogP contribution < -0.4 is 10.6 Å². The molecule has 7 nitrogen and oxygen atoms in total. The van der Waals surface area contributed by atoms with Crippen LogP contribution in [-0.2, 0) is 29.0 Å². The topological polar surface area (TPSA) is 87.2 Å². The summed E-state index contributed by atoms with van der Waals surface area (Å²) in [6, 6.07) is -0.380. The first-order valence-corrected chi connectivity index (χ1v) is 8.29. The predicted molar refractivity (Wildman–Crippen MR) is 84.6 cm³/mol. The highest BCUT2D eigenvalue weighted by atomic mass is 16.2. The van der Waals surface area contributed by atoms with E-state index in [0.717, 1.165) is 38.0 Å². The lowest BCUT2D eigenvalue weighted by Crippen LogP contribution is -2.56. The van der Waals surface area contributed by atoms with Gasteiger partial charge < -0.3 is 10.6 Å². The van der Waals surface area contributed by atoms with Gasteiger partial charge in [-0.25, -0.2) is 9.97 Å². The molecule has 1 fully saturated rings. The fourth-order valence-electron chi connectivity index (χ4n) is 3.23. The Kier molecular flexibility index (Phi) is 4.85. The summed E-state index contributed by atoms with van der Waals surface area (Å²) < 4.78 is 0. The molecule has 3 rings (SSSR count). The van der Waals surface area contributed by atoms with E-state index in [2.05, 4.69) is 20.6 Å². The maximum absolute atomic E-state index is 12.2. The molecule has 23 heavy (non-hydrogen) atoms. The average molecular weight is 317 g/mol. The smallest absolute Gasteiger partial charge is 0.237 e. The van der Waals surface area contributed by atoms with E-state index in [1.165, 1.54) is 5.56 Å². The van der Waals surface area contributed by atoms with Crippen molar-refractivity contribution in [2.75, 3.05) is 19.6 Å². The molecule has 1 aliphatic heterocycles. The van der Waals surface area contributed by atoms with Gasteiger partial charge in [-0.2, -0.15) is 0 Å². The van der Waals surface area contributed by atoms with E-state index >= 15 is 0 Å². The summed E-state index contributed by atoms with van der Waals surface area (Å²) >= 11 is 0. The first kappa shape index (κ1) is 15.9. The highest BCUT2D eigenvalue weighted by molar-refractivity contribution is 5.88. The van der Waals surface area contributed by atoms with Gasteiger partial charge >= 0.3 is 0 Å². The maximum Gasteiger partial charge on any atom is 0.237 e.